The quantitative estimate of drug-likeness (QED) is 0.736. The van der Waals surface area contributed by atoms with Crippen molar-refractivity contribution in [3.05, 3.63) is 65.0 Å². The molecular weight excluding hydrogens is 405 g/mol. The molecule has 0 radical (unpaired) electrons. The van der Waals surface area contributed by atoms with Gasteiger partial charge in [0, 0.05) is 38.4 Å². The molecule has 1 aliphatic heterocycles. The highest BCUT2D eigenvalue weighted by atomic mass is 19.1. The molecule has 0 unspecified atom stereocenters. The molecular formula is C22H24FN3O5. The first kappa shape index (κ1) is 22.2. The van der Waals surface area contributed by atoms with Gasteiger partial charge in [0.15, 0.2) is 0 Å². The van der Waals surface area contributed by atoms with Crippen LogP contribution in [0.4, 0.5) is 14.9 Å². The van der Waals surface area contributed by atoms with Crippen molar-refractivity contribution >= 4 is 23.7 Å². The molecule has 0 bridgehead atoms. The maximum Gasteiger partial charge on any atom is 0.337 e. The van der Waals surface area contributed by atoms with Crippen molar-refractivity contribution in [2.75, 3.05) is 45.7 Å². The second kappa shape index (κ2) is 10.0. The highest BCUT2D eigenvalue weighted by molar-refractivity contribution is 5.99. The van der Waals surface area contributed by atoms with Crippen LogP contribution in [0.2, 0.25) is 0 Å². The van der Waals surface area contributed by atoms with Crippen molar-refractivity contribution < 1.29 is 28.2 Å². The van der Waals surface area contributed by atoms with Crippen molar-refractivity contribution in [1.82, 2.24) is 9.80 Å². The molecule has 31 heavy (non-hydrogen) atoms. The van der Waals surface area contributed by atoms with Gasteiger partial charge in [-0.3, -0.25) is 4.90 Å². The number of anilines is 1. The molecule has 2 amide bonds. The number of nitrogens with zero attached hydrogens (tertiary/aromatic N) is 2. The zero-order chi connectivity index (χ0) is 22.4. The molecule has 2 aromatic carbocycles. The van der Waals surface area contributed by atoms with E-state index in [9.17, 15) is 18.8 Å². The summed E-state index contributed by atoms with van der Waals surface area (Å²) < 4.78 is 22.5. The highest BCUT2D eigenvalue weighted by Crippen LogP contribution is 2.18. The molecule has 1 fully saturated rings. The molecule has 1 saturated heterocycles. The summed E-state index contributed by atoms with van der Waals surface area (Å²) in [5.41, 5.74) is 1.56. The van der Waals surface area contributed by atoms with Crippen LogP contribution in [0.25, 0.3) is 0 Å². The van der Waals surface area contributed by atoms with Gasteiger partial charge in [-0.1, -0.05) is 12.1 Å². The van der Waals surface area contributed by atoms with E-state index in [0.717, 1.165) is 5.56 Å². The van der Waals surface area contributed by atoms with E-state index in [4.69, 9.17) is 9.47 Å². The molecule has 2 aromatic rings. The summed E-state index contributed by atoms with van der Waals surface area (Å²) in [4.78, 5) is 40.3. The lowest BCUT2D eigenvalue weighted by Gasteiger charge is -2.34. The van der Waals surface area contributed by atoms with Gasteiger partial charge in [-0.2, -0.15) is 0 Å². The van der Waals surface area contributed by atoms with Gasteiger partial charge < -0.3 is 19.7 Å². The first-order valence-electron chi connectivity index (χ1n) is 9.74. The van der Waals surface area contributed by atoms with Crippen molar-refractivity contribution in [2.45, 2.75) is 6.54 Å². The van der Waals surface area contributed by atoms with Gasteiger partial charge in [-0.05, 0) is 35.9 Å². The summed E-state index contributed by atoms with van der Waals surface area (Å²) in [7, 11) is 2.47. The van der Waals surface area contributed by atoms with Gasteiger partial charge in [-0.25, -0.2) is 18.8 Å². The summed E-state index contributed by atoms with van der Waals surface area (Å²) in [6, 6.07) is 10.3. The Morgan fingerprint density at radius 2 is 1.45 bits per heavy atom. The third kappa shape index (κ3) is 5.79. The molecule has 0 atom stereocenters. The van der Waals surface area contributed by atoms with Crippen molar-refractivity contribution in [1.29, 1.82) is 0 Å². The number of ether oxygens (including phenoxy) is 2. The summed E-state index contributed by atoms with van der Waals surface area (Å²) in [6.07, 6.45) is 0. The third-order valence-electron chi connectivity index (χ3n) is 5.01. The smallest absolute Gasteiger partial charge is 0.337 e. The summed E-state index contributed by atoms with van der Waals surface area (Å²) in [5.74, 6) is -1.52. The fraction of sp³-hybridized carbons (Fsp3) is 0.318. The molecule has 0 saturated carbocycles. The third-order valence-corrected chi connectivity index (χ3v) is 5.01. The topological polar surface area (TPSA) is 88.2 Å². The van der Waals surface area contributed by atoms with Crippen LogP contribution >= 0.6 is 0 Å². The standard InChI is InChI=1S/C22H24FN3O5/c1-30-20(27)16-11-17(21(28)31-2)13-19(12-16)24-22(29)26-9-7-25(8-10-26)14-15-3-5-18(23)6-4-15/h3-6,11-13H,7-10,14H2,1-2H3,(H,24,29). The van der Waals surface area contributed by atoms with Gasteiger partial charge in [0.1, 0.15) is 5.82 Å². The Labute approximate surface area is 179 Å². The van der Waals surface area contributed by atoms with Gasteiger partial charge >= 0.3 is 18.0 Å². The Morgan fingerprint density at radius 1 is 0.903 bits per heavy atom. The molecule has 9 heteroatoms. The number of piperazine rings is 1. The maximum atomic E-state index is 13.0. The molecule has 0 aliphatic carbocycles. The first-order chi connectivity index (χ1) is 14.9. The van der Waals surface area contributed by atoms with Crippen molar-refractivity contribution in [2.24, 2.45) is 0 Å². The second-order valence-electron chi connectivity index (χ2n) is 7.10. The maximum absolute atomic E-state index is 13.0. The minimum Gasteiger partial charge on any atom is -0.465 e. The van der Waals surface area contributed by atoms with Crippen LogP contribution in [0.1, 0.15) is 26.3 Å². The fourth-order valence-electron chi connectivity index (χ4n) is 3.33. The Morgan fingerprint density at radius 3 is 1.97 bits per heavy atom. The lowest BCUT2D eigenvalue weighted by molar-refractivity contribution is 0.0599. The summed E-state index contributed by atoms with van der Waals surface area (Å²) in [6.45, 7) is 3.03. The second-order valence-corrected chi connectivity index (χ2v) is 7.10. The normalized spacial score (nSPS) is 14.1. The minimum atomic E-state index is -0.629. The van der Waals surface area contributed by atoms with E-state index in [-0.39, 0.29) is 23.0 Å². The SMILES string of the molecule is COC(=O)c1cc(NC(=O)N2CCN(Cc3ccc(F)cc3)CC2)cc(C(=O)OC)c1. The van der Waals surface area contributed by atoms with Gasteiger partial charge in [-0.15, -0.1) is 0 Å². The van der Waals surface area contributed by atoms with Crippen LogP contribution in [0.5, 0.6) is 0 Å². The van der Waals surface area contributed by atoms with Gasteiger partial charge in [0.2, 0.25) is 0 Å². The van der Waals surface area contributed by atoms with Crippen molar-refractivity contribution in [3.8, 4) is 0 Å². The van der Waals surface area contributed by atoms with E-state index < -0.39 is 11.9 Å². The Balaban J connectivity index is 1.62. The molecule has 164 valence electrons. The zero-order valence-electron chi connectivity index (χ0n) is 17.4. The molecule has 3 rings (SSSR count). The van der Waals surface area contributed by atoms with Crippen LogP contribution in [0.15, 0.2) is 42.5 Å². The van der Waals surface area contributed by atoms with E-state index in [1.54, 1.807) is 17.0 Å². The number of carbonyl (C=O) groups is 3. The highest BCUT2D eigenvalue weighted by Gasteiger charge is 2.22. The number of benzene rings is 2. The number of amides is 2. The molecule has 1 aliphatic rings. The predicted molar refractivity (Wildman–Crippen MR) is 111 cm³/mol. The van der Waals surface area contributed by atoms with Crippen molar-refractivity contribution in [3.63, 3.8) is 0 Å². The largest absolute Gasteiger partial charge is 0.465 e. The van der Waals surface area contributed by atoms with Crippen LogP contribution in [-0.2, 0) is 16.0 Å². The number of esters is 2. The van der Waals surface area contributed by atoms with E-state index in [0.29, 0.717) is 38.4 Å². The molecule has 8 nitrogen and oxygen atoms in total. The minimum absolute atomic E-state index is 0.129. The molecule has 1 N–H and O–H groups in total. The number of nitrogens with one attached hydrogen (secondary N) is 1. The number of halogens is 1. The number of carbonyl (C=O) groups excluding carboxylic acids is 3. The average Bonchev–Trinajstić information content (AvgIpc) is 2.79. The van der Waals surface area contributed by atoms with Crippen LogP contribution < -0.4 is 5.32 Å². The first-order valence-corrected chi connectivity index (χ1v) is 9.74. The van der Waals surface area contributed by atoms with Crippen LogP contribution in [0.3, 0.4) is 0 Å². The molecule has 0 spiro atoms. The molecule has 1 heterocycles. The lowest BCUT2D eigenvalue weighted by atomic mass is 10.1. The van der Waals surface area contributed by atoms with E-state index in [2.05, 4.69) is 10.2 Å². The predicted octanol–water partition coefficient (Wildman–Crippen LogP) is 2.75. The molecule has 0 aromatic heterocycles. The number of hydrogen-bond acceptors (Lipinski definition) is 6. The average molecular weight is 429 g/mol. The Bertz CT molecular complexity index is 922. The van der Waals surface area contributed by atoms with E-state index >= 15 is 0 Å². The van der Waals surface area contributed by atoms with Gasteiger partial charge in [0.25, 0.3) is 0 Å². The lowest BCUT2D eigenvalue weighted by Crippen LogP contribution is -2.49. The van der Waals surface area contributed by atoms with Gasteiger partial charge in [0.05, 0.1) is 25.3 Å². The van der Waals surface area contributed by atoms with E-state index in [1.807, 2.05) is 0 Å². The zero-order valence-corrected chi connectivity index (χ0v) is 17.4. The number of urea groups is 1. The number of hydrogen-bond donors (Lipinski definition) is 1. The summed E-state index contributed by atoms with van der Waals surface area (Å²) in [5, 5.41) is 2.73. The Hall–Kier alpha value is -3.46. The number of methoxy groups -OCH3 is 2. The summed E-state index contributed by atoms with van der Waals surface area (Å²) >= 11 is 0. The van der Waals surface area contributed by atoms with E-state index in [1.165, 1.54) is 44.6 Å². The van der Waals surface area contributed by atoms with Crippen LogP contribution in [0, 0.1) is 5.82 Å². The fourth-order valence-corrected chi connectivity index (χ4v) is 3.33. The van der Waals surface area contributed by atoms with Crippen LogP contribution in [-0.4, -0.2) is 68.2 Å². The Kier molecular flexibility index (Phi) is 7.19. The number of rotatable bonds is 5. The monoisotopic (exact) mass is 429 g/mol.